The number of anilines is 2. The van der Waals surface area contributed by atoms with Crippen LogP contribution in [0.15, 0.2) is 29.1 Å². The molecule has 0 amide bonds. The topological polar surface area (TPSA) is 95.1 Å². The molecule has 0 spiro atoms. The fourth-order valence-corrected chi connectivity index (χ4v) is 2.53. The van der Waals surface area contributed by atoms with Gasteiger partial charge in [0.25, 0.3) is 5.56 Å². The maximum absolute atomic E-state index is 12.0. The Kier molecular flexibility index (Phi) is 3.43. The first-order valence-corrected chi connectivity index (χ1v) is 6.86. The van der Waals surface area contributed by atoms with Gasteiger partial charge in [0.2, 0.25) is 5.95 Å². The fourth-order valence-electron chi connectivity index (χ4n) is 2.53. The van der Waals surface area contributed by atoms with Crippen LogP contribution in [0.4, 0.5) is 11.6 Å². The molecule has 6 heteroatoms. The largest absolute Gasteiger partial charge is 0.478 e. The number of carbonyl (C=O) groups is 1. The van der Waals surface area contributed by atoms with Gasteiger partial charge >= 0.3 is 5.97 Å². The summed E-state index contributed by atoms with van der Waals surface area (Å²) in [5.41, 5.74) is 2.25. The number of aromatic amines is 1. The number of fused-ring (bicyclic) bond motifs is 1. The summed E-state index contributed by atoms with van der Waals surface area (Å²) in [4.78, 5) is 30.1. The van der Waals surface area contributed by atoms with Crippen LogP contribution in [-0.2, 0) is 12.8 Å². The van der Waals surface area contributed by atoms with Crippen LogP contribution in [0.2, 0.25) is 0 Å². The molecule has 0 saturated heterocycles. The van der Waals surface area contributed by atoms with Crippen LogP contribution in [0, 0.1) is 0 Å². The Morgan fingerprint density at radius 2 is 2.10 bits per heavy atom. The molecule has 1 heterocycles. The Balaban J connectivity index is 1.92. The van der Waals surface area contributed by atoms with Crippen molar-refractivity contribution < 1.29 is 9.90 Å². The third-order valence-electron chi connectivity index (χ3n) is 3.56. The number of H-pyrrole nitrogens is 1. The number of hydrogen-bond acceptors (Lipinski definition) is 4. The van der Waals surface area contributed by atoms with E-state index in [4.69, 9.17) is 5.11 Å². The minimum atomic E-state index is -0.995. The van der Waals surface area contributed by atoms with Gasteiger partial charge < -0.3 is 10.4 Å². The van der Waals surface area contributed by atoms with Gasteiger partial charge in [0.1, 0.15) is 0 Å². The first kappa shape index (κ1) is 13.4. The van der Waals surface area contributed by atoms with Gasteiger partial charge in [-0.05, 0) is 43.9 Å². The van der Waals surface area contributed by atoms with E-state index in [1.54, 1.807) is 12.1 Å². The molecule has 1 aromatic heterocycles. The van der Waals surface area contributed by atoms with Gasteiger partial charge in [0.15, 0.2) is 0 Å². The lowest BCUT2D eigenvalue weighted by atomic mass is 9.97. The van der Waals surface area contributed by atoms with E-state index < -0.39 is 5.97 Å². The Morgan fingerprint density at radius 3 is 2.90 bits per heavy atom. The van der Waals surface area contributed by atoms with Crippen molar-refractivity contribution in [3.63, 3.8) is 0 Å². The summed E-state index contributed by atoms with van der Waals surface area (Å²) in [7, 11) is 0. The van der Waals surface area contributed by atoms with Crippen LogP contribution in [0.25, 0.3) is 0 Å². The van der Waals surface area contributed by atoms with Gasteiger partial charge in [0.05, 0.1) is 11.3 Å². The third-order valence-corrected chi connectivity index (χ3v) is 3.56. The average molecular weight is 285 g/mol. The molecule has 21 heavy (non-hydrogen) atoms. The smallest absolute Gasteiger partial charge is 0.335 e. The Morgan fingerprint density at radius 1 is 1.29 bits per heavy atom. The first-order valence-electron chi connectivity index (χ1n) is 6.86. The summed E-state index contributed by atoms with van der Waals surface area (Å²) in [6.45, 7) is 0. The van der Waals surface area contributed by atoms with Gasteiger partial charge in [-0.25, -0.2) is 9.78 Å². The van der Waals surface area contributed by atoms with E-state index in [9.17, 15) is 9.59 Å². The van der Waals surface area contributed by atoms with E-state index in [0.717, 1.165) is 36.9 Å². The molecule has 0 bridgehead atoms. The second-order valence-electron chi connectivity index (χ2n) is 5.06. The van der Waals surface area contributed by atoms with E-state index in [-0.39, 0.29) is 11.1 Å². The molecule has 3 rings (SSSR count). The number of nitrogens with one attached hydrogen (secondary N) is 2. The highest BCUT2D eigenvalue weighted by molar-refractivity contribution is 5.88. The van der Waals surface area contributed by atoms with Crippen molar-refractivity contribution in [2.24, 2.45) is 0 Å². The Labute approximate surface area is 120 Å². The fraction of sp³-hybridized carbons (Fsp3) is 0.267. The Hall–Kier alpha value is -2.63. The maximum atomic E-state index is 12.0. The predicted octanol–water partition coefficient (Wildman–Crippen LogP) is 2.09. The Bertz CT molecular complexity index is 752. The van der Waals surface area contributed by atoms with Gasteiger partial charge in [0, 0.05) is 11.3 Å². The number of benzene rings is 1. The monoisotopic (exact) mass is 285 g/mol. The summed E-state index contributed by atoms with van der Waals surface area (Å²) < 4.78 is 0. The number of carboxylic acid groups (broad SMARTS) is 1. The van der Waals surface area contributed by atoms with E-state index in [0.29, 0.717) is 11.6 Å². The summed E-state index contributed by atoms with van der Waals surface area (Å²) in [5.74, 6) is -0.645. The van der Waals surface area contributed by atoms with Crippen LogP contribution in [0.3, 0.4) is 0 Å². The highest BCUT2D eigenvalue weighted by atomic mass is 16.4. The van der Waals surface area contributed by atoms with Crippen molar-refractivity contribution in [1.82, 2.24) is 9.97 Å². The first-order chi connectivity index (χ1) is 10.1. The lowest BCUT2D eigenvalue weighted by Crippen LogP contribution is -2.22. The molecule has 6 nitrogen and oxygen atoms in total. The molecular formula is C15H15N3O3. The molecule has 0 saturated carbocycles. The molecule has 2 aromatic rings. The van der Waals surface area contributed by atoms with Crippen molar-refractivity contribution in [2.45, 2.75) is 25.7 Å². The molecule has 0 aliphatic heterocycles. The van der Waals surface area contributed by atoms with Crippen LogP contribution < -0.4 is 10.9 Å². The number of aryl methyl sites for hydroxylation is 1. The van der Waals surface area contributed by atoms with E-state index >= 15 is 0 Å². The molecule has 108 valence electrons. The number of aromatic carboxylic acids is 1. The molecule has 0 unspecified atom stereocenters. The van der Waals surface area contributed by atoms with Crippen LogP contribution in [0.1, 0.15) is 34.5 Å². The van der Waals surface area contributed by atoms with Crippen molar-refractivity contribution in [3.05, 3.63) is 51.4 Å². The molecule has 0 fully saturated rings. The molecule has 1 aliphatic rings. The normalized spacial score (nSPS) is 13.5. The third kappa shape index (κ3) is 2.79. The van der Waals surface area contributed by atoms with Gasteiger partial charge in [-0.1, -0.05) is 6.07 Å². The zero-order valence-electron chi connectivity index (χ0n) is 11.3. The van der Waals surface area contributed by atoms with E-state index in [2.05, 4.69) is 15.3 Å². The zero-order valence-corrected chi connectivity index (χ0v) is 11.3. The summed E-state index contributed by atoms with van der Waals surface area (Å²) in [5, 5.41) is 11.9. The highest BCUT2D eigenvalue weighted by Gasteiger charge is 2.15. The number of hydrogen-bond donors (Lipinski definition) is 3. The molecular weight excluding hydrogens is 270 g/mol. The number of aromatic nitrogens is 2. The summed E-state index contributed by atoms with van der Waals surface area (Å²) in [6, 6.07) is 6.38. The second kappa shape index (κ2) is 5.40. The van der Waals surface area contributed by atoms with E-state index in [1.807, 2.05) is 0 Å². The summed E-state index contributed by atoms with van der Waals surface area (Å²) in [6.07, 6.45) is 3.64. The molecule has 1 aliphatic carbocycles. The molecule has 1 aromatic carbocycles. The molecule has 0 atom stereocenters. The molecule has 0 radical (unpaired) electrons. The lowest BCUT2D eigenvalue weighted by Gasteiger charge is -2.15. The van der Waals surface area contributed by atoms with Crippen molar-refractivity contribution in [1.29, 1.82) is 0 Å². The quantitative estimate of drug-likeness (QED) is 0.802. The minimum Gasteiger partial charge on any atom is -0.478 e. The minimum absolute atomic E-state index is 0.114. The summed E-state index contributed by atoms with van der Waals surface area (Å²) >= 11 is 0. The van der Waals surface area contributed by atoms with Gasteiger partial charge in [-0.15, -0.1) is 0 Å². The number of rotatable bonds is 3. The molecule has 3 N–H and O–H groups in total. The van der Waals surface area contributed by atoms with Crippen molar-refractivity contribution >= 4 is 17.6 Å². The van der Waals surface area contributed by atoms with E-state index in [1.165, 1.54) is 12.1 Å². The second-order valence-corrected chi connectivity index (χ2v) is 5.06. The van der Waals surface area contributed by atoms with Gasteiger partial charge in [-0.2, -0.15) is 0 Å². The average Bonchev–Trinajstić information content (AvgIpc) is 2.47. The van der Waals surface area contributed by atoms with Crippen LogP contribution in [0.5, 0.6) is 0 Å². The predicted molar refractivity (Wildman–Crippen MR) is 78.2 cm³/mol. The van der Waals surface area contributed by atoms with Crippen molar-refractivity contribution in [2.75, 3.05) is 5.32 Å². The van der Waals surface area contributed by atoms with Gasteiger partial charge in [-0.3, -0.25) is 9.78 Å². The lowest BCUT2D eigenvalue weighted by molar-refractivity contribution is 0.0697. The van der Waals surface area contributed by atoms with Crippen molar-refractivity contribution in [3.8, 4) is 0 Å². The SMILES string of the molecule is O=C(O)c1cccc(Nc2nc3c(c(=O)[nH]2)CCCC3)c1. The van der Waals surface area contributed by atoms with Crippen LogP contribution in [-0.4, -0.2) is 21.0 Å². The zero-order chi connectivity index (χ0) is 14.8. The highest BCUT2D eigenvalue weighted by Crippen LogP contribution is 2.19. The number of carboxylic acids is 1. The number of nitrogens with zero attached hydrogens (tertiary/aromatic N) is 1. The van der Waals surface area contributed by atoms with Crippen LogP contribution >= 0.6 is 0 Å². The standard InChI is InChI=1S/C15H15N3O3/c19-13-11-6-1-2-7-12(11)17-15(18-13)16-10-5-3-4-9(8-10)14(20)21/h3-5,8H,1-2,6-7H2,(H,20,21)(H2,16,17,18,19). The maximum Gasteiger partial charge on any atom is 0.335 e.